The third kappa shape index (κ3) is 21.7. The van der Waals surface area contributed by atoms with E-state index in [9.17, 15) is 50.3 Å². The molecule has 0 fully saturated rings. The van der Waals surface area contributed by atoms with Gasteiger partial charge in [-0.25, -0.2) is 19.6 Å². The van der Waals surface area contributed by atoms with Gasteiger partial charge in [-0.15, -0.1) is 22.7 Å². The lowest BCUT2D eigenvalue weighted by Gasteiger charge is -2.09. The molecule has 10 heterocycles. The number of carbonyl (C=O) groups excluding carboxylic acids is 5. The number of thiazole rings is 2. The quantitative estimate of drug-likeness (QED) is 0.0445. The maximum absolute atomic E-state index is 12.8. The lowest BCUT2D eigenvalue weighted by atomic mass is 10.1. The van der Waals surface area contributed by atoms with Crippen molar-refractivity contribution in [2.24, 2.45) is 0 Å². The van der Waals surface area contributed by atoms with Gasteiger partial charge >= 0.3 is 12.4 Å². The smallest absolute Gasteiger partial charge is 0.416 e. The number of anilines is 5. The molecule has 0 unspecified atom stereocenters. The molecule has 0 aliphatic rings. The summed E-state index contributed by atoms with van der Waals surface area (Å²) in [4.78, 5) is 75.2. The van der Waals surface area contributed by atoms with E-state index in [0.717, 1.165) is 131 Å². The number of alkyl halides is 6. The summed E-state index contributed by atoms with van der Waals surface area (Å²) < 4.78 is 102. The summed E-state index contributed by atoms with van der Waals surface area (Å²) in [5.41, 5.74) is 21.2. The predicted molar refractivity (Wildman–Crippen MR) is 509 cm³/mol. The van der Waals surface area contributed by atoms with Crippen LogP contribution < -0.4 is 26.6 Å². The minimum absolute atomic E-state index is 0.148. The van der Waals surface area contributed by atoms with Crippen LogP contribution in [0.4, 0.5) is 54.8 Å². The number of oxazole rings is 1. The van der Waals surface area contributed by atoms with Crippen molar-refractivity contribution in [3.63, 3.8) is 0 Å². The molecule has 5 N–H and O–H groups in total. The summed E-state index contributed by atoms with van der Waals surface area (Å²) in [7, 11) is 0. The summed E-state index contributed by atoms with van der Waals surface area (Å²) in [5, 5.41) is 28.0. The number of halogens is 6. The first-order valence-electron chi connectivity index (χ1n) is 42.1. The molecule has 23 nitrogen and oxygen atoms in total. The lowest BCUT2D eigenvalue weighted by Crippen LogP contribution is -2.13. The molecule has 674 valence electrons. The SMILES string of the molecule is Cc1ccc(Cn2cc(NC(=O)c3cnon3)c3ccccc32)cc1.Cc1ccc(Cn2cc(NC(=O)c3ncsc3C)c3ccccc32)cc1.Cc1ccc(Cn2cc(NC(=O)c3occc3C)c3ccccc32)cc1.Cc1ocnc1C(=O)Nc1cn(Cc2ccc(C(F)(F)F)cc2)c2ccccc12.O=C(Nc1cn(Cc2ccc(C(F)(F)F)cc2)c2ccccc12)c1cscn1. The molecule has 10 aromatic heterocycles. The molecule has 10 aromatic carbocycles. The average Bonchev–Trinajstić information content (AvgIpc) is 1.66. The van der Waals surface area contributed by atoms with Gasteiger partial charge in [0.15, 0.2) is 23.5 Å². The molecule has 31 heteroatoms. The Kier molecular flexibility index (Phi) is 27.4. The number of rotatable bonds is 20. The molecule has 5 amide bonds. The van der Waals surface area contributed by atoms with E-state index in [-0.39, 0.29) is 35.0 Å². The molecule has 0 aliphatic heterocycles. The molecule has 0 spiro atoms. The van der Waals surface area contributed by atoms with Gasteiger partial charge in [-0.3, -0.25) is 24.0 Å². The van der Waals surface area contributed by atoms with E-state index in [4.69, 9.17) is 8.83 Å². The number of carbonyl (C=O) groups is 5. The molecule has 0 aliphatic carbocycles. The highest BCUT2D eigenvalue weighted by Gasteiger charge is 2.32. The van der Waals surface area contributed by atoms with Crippen LogP contribution in [0.25, 0.3) is 54.5 Å². The van der Waals surface area contributed by atoms with Crippen LogP contribution in [0, 0.1) is 41.5 Å². The lowest BCUT2D eigenvalue weighted by molar-refractivity contribution is -0.138. The Morgan fingerprint density at radius 3 is 0.993 bits per heavy atom. The number of fused-ring (bicyclic) bond motifs is 5. The number of hydrogen-bond acceptors (Lipinski definition) is 15. The molecule has 0 bridgehead atoms. The van der Waals surface area contributed by atoms with Gasteiger partial charge in [0.2, 0.25) is 0 Å². The second kappa shape index (κ2) is 40.4. The highest BCUT2D eigenvalue weighted by Crippen LogP contribution is 2.37. The first kappa shape index (κ1) is 91.0. The van der Waals surface area contributed by atoms with Gasteiger partial charge in [-0.2, -0.15) is 26.3 Å². The van der Waals surface area contributed by atoms with E-state index in [2.05, 4.69) is 176 Å². The van der Waals surface area contributed by atoms with Crippen molar-refractivity contribution in [3.05, 3.63) is 415 Å². The number of amides is 5. The Labute approximate surface area is 771 Å². The number of para-hydroxylation sites is 5. The van der Waals surface area contributed by atoms with Crippen LogP contribution in [-0.4, -0.2) is 77.6 Å². The number of aromatic nitrogens is 10. The maximum atomic E-state index is 12.8. The molecular formula is C103H85F6N15O8S2. The number of nitrogens with one attached hydrogen (secondary N) is 5. The standard InChI is InChI=1S/C22H20N2O2.C21H16F3N3O2.C21H19N3OS.C20H14F3N3OS.C19H16N4O2/c1-15-7-9-17(10-8-15)13-24-14-19(18-5-3-4-6-20(18)24)23-22(25)21-16(2)11-12-26-21;1-13-19(25-12-29-13)20(28)26-17-11-27(18-5-3-2-4-16(17)18)10-14-6-8-15(9-7-14)21(22,23)24;1-14-7-9-16(10-8-14)11-24-12-18(17-5-3-4-6-19(17)24)23-21(25)20-15(2)26-13-22-20;21-20(22,23)14-7-5-13(6-8-14)9-26-10-16(15-3-1-2-4-18(15)26)25-19(27)17-11-28-12-24-17;1-13-6-8-14(9-7-13)11-23-12-17(15-4-2-3-5-18(15)23)21-19(24)16-10-20-25-22-16/h3-12,14H,13H2,1-2H3,(H,23,25);2-9,11-12H,10H2,1H3,(H,26,28);3-10,12-13H,11H2,1-2H3,(H,23,25);1-8,10-12H,9H2,(H,25,27);2-10,12H,11H2,1H3,(H,21,24). The van der Waals surface area contributed by atoms with Crippen molar-refractivity contribution in [3.8, 4) is 0 Å². The monoisotopic (exact) mass is 1840 g/mol. The van der Waals surface area contributed by atoms with Crippen molar-refractivity contribution < 1.29 is 63.8 Å². The Morgan fingerprint density at radius 2 is 0.694 bits per heavy atom. The predicted octanol–water partition coefficient (Wildman–Crippen LogP) is 24.5. The zero-order valence-corrected chi connectivity index (χ0v) is 74.5. The third-order valence-electron chi connectivity index (χ3n) is 22.1. The number of furan rings is 1. The summed E-state index contributed by atoms with van der Waals surface area (Å²) in [6.07, 6.45) is 4.79. The van der Waals surface area contributed by atoms with E-state index in [1.54, 1.807) is 41.8 Å². The van der Waals surface area contributed by atoms with E-state index in [1.807, 2.05) is 151 Å². The van der Waals surface area contributed by atoms with Gasteiger partial charge in [0, 0.05) is 106 Å². The number of aryl methyl sites for hydroxylation is 6. The fourth-order valence-corrected chi connectivity index (χ4v) is 16.3. The van der Waals surface area contributed by atoms with Crippen molar-refractivity contribution in [1.82, 2.24) is 48.1 Å². The molecule has 0 atom stereocenters. The van der Waals surface area contributed by atoms with Crippen molar-refractivity contribution in [2.75, 3.05) is 26.6 Å². The first-order chi connectivity index (χ1) is 64.7. The van der Waals surface area contributed by atoms with E-state index in [0.29, 0.717) is 52.9 Å². The largest absolute Gasteiger partial charge is 0.459 e. The Bertz CT molecular complexity index is 7360. The highest BCUT2D eigenvalue weighted by atomic mass is 32.1. The van der Waals surface area contributed by atoms with Crippen LogP contribution in [0.3, 0.4) is 0 Å². The second-order valence-electron chi connectivity index (χ2n) is 31.7. The van der Waals surface area contributed by atoms with Crippen LogP contribution in [-0.2, 0) is 45.1 Å². The van der Waals surface area contributed by atoms with Gasteiger partial charge in [0.1, 0.15) is 23.3 Å². The van der Waals surface area contributed by atoms with Crippen molar-refractivity contribution in [1.29, 1.82) is 0 Å². The van der Waals surface area contributed by atoms with Crippen molar-refractivity contribution >= 4 is 135 Å². The maximum Gasteiger partial charge on any atom is 0.416 e. The molecule has 134 heavy (non-hydrogen) atoms. The van der Waals surface area contributed by atoms with Gasteiger partial charge in [-0.1, -0.05) is 210 Å². The molecule has 20 rings (SSSR count). The van der Waals surface area contributed by atoms with Crippen molar-refractivity contribution in [2.45, 2.75) is 86.6 Å². The fraction of sp³-hybridized carbons (Fsp3) is 0.126. The van der Waals surface area contributed by atoms with Crippen LogP contribution in [0.5, 0.6) is 0 Å². The van der Waals surface area contributed by atoms with Crippen LogP contribution in [0.2, 0.25) is 0 Å². The minimum Gasteiger partial charge on any atom is -0.459 e. The van der Waals surface area contributed by atoms with Gasteiger partial charge < -0.3 is 58.3 Å². The Hall–Kier alpha value is -16.3. The molecule has 0 radical (unpaired) electrons. The zero-order chi connectivity index (χ0) is 93.7. The minimum atomic E-state index is -4.37. The summed E-state index contributed by atoms with van der Waals surface area (Å²) in [5.74, 6) is -0.684. The Balaban J connectivity index is 0.000000122. The van der Waals surface area contributed by atoms with Crippen LogP contribution in [0.1, 0.15) is 124 Å². The van der Waals surface area contributed by atoms with Gasteiger partial charge in [-0.05, 0) is 135 Å². The van der Waals surface area contributed by atoms with E-state index >= 15 is 0 Å². The molecule has 0 saturated heterocycles. The second-order valence-corrected chi connectivity index (χ2v) is 33.4. The van der Waals surface area contributed by atoms with Gasteiger partial charge in [0.05, 0.1) is 84.4 Å². The Morgan fingerprint density at radius 1 is 0.358 bits per heavy atom. The van der Waals surface area contributed by atoms with Crippen LogP contribution >= 0.6 is 22.7 Å². The summed E-state index contributed by atoms with van der Waals surface area (Å²) in [6, 6.07) is 76.5. The zero-order valence-electron chi connectivity index (χ0n) is 72.9. The molecule has 20 aromatic rings. The fourth-order valence-electron chi connectivity index (χ4n) is 15.2. The summed E-state index contributed by atoms with van der Waals surface area (Å²) in [6.45, 7) is 14.6. The molecule has 0 saturated carbocycles. The molecular weight excluding hydrogens is 1750 g/mol. The number of hydrogen-bond donors (Lipinski definition) is 5. The topological polar surface area (TPSA) is 274 Å². The van der Waals surface area contributed by atoms with E-state index in [1.165, 1.54) is 99.2 Å². The third-order valence-corrected chi connectivity index (χ3v) is 23.5. The highest BCUT2D eigenvalue weighted by molar-refractivity contribution is 7.09. The number of benzene rings is 10. The van der Waals surface area contributed by atoms with Gasteiger partial charge in [0.25, 0.3) is 29.5 Å². The summed E-state index contributed by atoms with van der Waals surface area (Å²) >= 11 is 2.81. The van der Waals surface area contributed by atoms with Crippen LogP contribution in [0.15, 0.2) is 328 Å². The number of nitrogens with zero attached hydrogens (tertiary/aromatic N) is 10. The van der Waals surface area contributed by atoms with E-state index < -0.39 is 29.4 Å². The normalized spacial score (nSPS) is 11.3. The first-order valence-corrected chi connectivity index (χ1v) is 44.0. The average molecular weight is 1840 g/mol.